The van der Waals surface area contributed by atoms with Crippen LogP contribution in [0.25, 0.3) is 0 Å². The summed E-state index contributed by atoms with van der Waals surface area (Å²) in [5, 5.41) is 3.91. The number of likely N-dealkylation sites (N-methyl/N-ethyl adjacent to an activating group) is 1. The van der Waals surface area contributed by atoms with Crippen LogP contribution in [0.1, 0.15) is 47.1 Å². The molecular weight excluding hydrogens is 523 g/mol. The van der Waals surface area contributed by atoms with Crippen molar-refractivity contribution in [1.82, 2.24) is 14.8 Å². The lowest BCUT2D eigenvalue weighted by molar-refractivity contribution is 0.0427. The van der Waals surface area contributed by atoms with Crippen molar-refractivity contribution in [2.24, 2.45) is 5.92 Å². The van der Waals surface area contributed by atoms with E-state index in [2.05, 4.69) is 22.1 Å². The number of fused-ring (bicyclic) bond motifs is 1. The van der Waals surface area contributed by atoms with Crippen molar-refractivity contribution < 1.29 is 14.3 Å². The van der Waals surface area contributed by atoms with Gasteiger partial charge in [-0.05, 0) is 62.9 Å². The number of carbonyl (C=O) groups is 2. The molecule has 2 aromatic carbocycles. The van der Waals surface area contributed by atoms with Crippen LogP contribution in [0.4, 0.5) is 5.69 Å². The molecule has 2 amide bonds. The second kappa shape index (κ2) is 12.2. The van der Waals surface area contributed by atoms with Crippen LogP contribution in [0, 0.1) is 5.92 Å². The van der Waals surface area contributed by atoms with Crippen molar-refractivity contribution >= 4 is 40.7 Å². The fraction of sp³-hybridized carbons (Fsp3) is 0.345. The highest BCUT2D eigenvalue weighted by atomic mass is 35.5. The zero-order valence-electron chi connectivity index (χ0n) is 21.9. The van der Waals surface area contributed by atoms with Crippen LogP contribution < -0.4 is 10.1 Å². The zero-order valence-corrected chi connectivity index (χ0v) is 23.5. The quantitative estimate of drug-likeness (QED) is 0.386. The van der Waals surface area contributed by atoms with Gasteiger partial charge in [-0.3, -0.25) is 19.5 Å². The van der Waals surface area contributed by atoms with Crippen LogP contribution in [0.3, 0.4) is 0 Å². The fourth-order valence-electron chi connectivity index (χ4n) is 4.56. The lowest BCUT2D eigenvalue weighted by Gasteiger charge is -2.38. The maximum atomic E-state index is 13.6. The second-order valence-corrected chi connectivity index (χ2v) is 10.8. The summed E-state index contributed by atoms with van der Waals surface area (Å²) in [6, 6.07) is 14.1. The Morgan fingerprint density at radius 3 is 2.58 bits per heavy atom. The smallest absolute Gasteiger partial charge is 0.259 e. The number of carbonyl (C=O) groups excluding carboxylic acids is 2. The van der Waals surface area contributed by atoms with Gasteiger partial charge in [0.15, 0.2) is 0 Å². The number of ether oxygens (including phenoxy) is 1. The molecule has 1 N–H and O–H groups in total. The minimum Gasteiger partial charge on any atom is -0.487 e. The molecule has 200 valence electrons. The summed E-state index contributed by atoms with van der Waals surface area (Å²) in [6.45, 7) is 7.81. The molecule has 2 heterocycles. The van der Waals surface area contributed by atoms with E-state index in [1.54, 1.807) is 48.8 Å². The van der Waals surface area contributed by atoms with Crippen molar-refractivity contribution in [3.63, 3.8) is 0 Å². The van der Waals surface area contributed by atoms with E-state index in [-0.39, 0.29) is 29.9 Å². The van der Waals surface area contributed by atoms with Gasteiger partial charge in [-0.1, -0.05) is 42.3 Å². The average molecular weight is 556 g/mol. The van der Waals surface area contributed by atoms with Gasteiger partial charge in [-0.25, -0.2) is 0 Å². The fourth-order valence-corrected chi connectivity index (χ4v) is 4.88. The van der Waals surface area contributed by atoms with Gasteiger partial charge >= 0.3 is 0 Å². The van der Waals surface area contributed by atoms with Gasteiger partial charge in [0.05, 0.1) is 21.2 Å². The number of para-hydroxylation sites is 1. The van der Waals surface area contributed by atoms with Crippen LogP contribution in [-0.4, -0.2) is 58.9 Å². The summed E-state index contributed by atoms with van der Waals surface area (Å²) in [4.78, 5) is 34.9. The molecule has 2 unspecified atom stereocenters. The Morgan fingerprint density at radius 2 is 1.89 bits per heavy atom. The molecule has 0 aliphatic carbocycles. The van der Waals surface area contributed by atoms with E-state index in [9.17, 15) is 9.59 Å². The highest BCUT2D eigenvalue weighted by molar-refractivity contribution is 6.42. The minimum atomic E-state index is -0.354. The Bertz CT molecular complexity index is 1300. The highest BCUT2D eigenvalue weighted by Gasteiger charge is 2.34. The summed E-state index contributed by atoms with van der Waals surface area (Å²) < 4.78 is 6.58. The Hall–Kier alpha value is -3.13. The summed E-state index contributed by atoms with van der Waals surface area (Å²) in [5.41, 5.74) is 2.32. The van der Waals surface area contributed by atoms with E-state index in [4.69, 9.17) is 27.9 Å². The van der Waals surface area contributed by atoms with Crippen LogP contribution in [0.15, 0.2) is 60.9 Å². The van der Waals surface area contributed by atoms with Gasteiger partial charge in [-0.2, -0.15) is 0 Å². The van der Waals surface area contributed by atoms with Crippen LogP contribution >= 0.6 is 23.2 Å². The summed E-state index contributed by atoms with van der Waals surface area (Å²) in [7, 11) is 2.01. The lowest BCUT2D eigenvalue weighted by Crippen LogP contribution is -2.48. The predicted octanol–water partition coefficient (Wildman–Crippen LogP) is 6.02. The SMILES string of the molecule is CC1CN(C(C)C)C(=O)c2cccc(C(=O)Nc3ccncc3)c2OC1CN(C)Cc1ccc(Cl)c(Cl)c1. The molecule has 0 fully saturated rings. The third-order valence-corrected chi connectivity index (χ3v) is 7.37. The molecule has 0 saturated carbocycles. The maximum absolute atomic E-state index is 13.6. The number of hydrogen-bond acceptors (Lipinski definition) is 5. The molecule has 3 aromatic rings. The van der Waals surface area contributed by atoms with Gasteiger partial charge in [0.25, 0.3) is 11.8 Å². The van der Waals surface area contributed by atoms with Crippen molar-refractivity contribution in [3.05, 3.63) is 87.7 Å². The van der Waals surface area contributed by atoms with Crippen molar-refractivity contribution in [3.8, 4) is 5.75 Å². The second-order valence-electron chi connectivity index (χ2n) is 10.0. The number of halogens is 2. The van der Waals surface area contributed by atoms with Crippen LogP contribution in [-0.2, 0) is 6.54 Å². The number of pyridine rings is 1. The average Bonchev–Trinajstić information content (AvgIpc) is 2.88. The zero-order chi connectivity index (χ0) is 27.4. The van der Waals surface area contributed by atoms with Gasteiger partial charge < -0.3 is 15.0 Å². The minimum absolute atomic E-state index is 0.00192. The van der Waals surface area contributed by atoms with E-state index in [0.29, 0.717) is 52.2 Å². The first-order chi connectivity index (χ1) is 18.1. The number of nitrogens with zero attached hydrogens (tertiary/aromatic N) is 3. The van der Waals surface area contributed by atoms with E-state index in [1.165, 1.54) is 0 Å². The Kier molecular flexibility index (Phi) is 8.92. The van der Waals surface area contributed by atoms with E-state index in [0.717, 1.165) is 5.56 Å². The standard InChI is InChI=1S/C29H32Cl2N4O3/c1-18(2)35-15-19(3)26(17-34(4)16-20-8-9-24(30)25(31)14-20)38-27-22(6-5-7-23(27)29(35)37)28(36)33-21-10-12-32-13-11-21/h5-14,18-19,26H,15-17H2,1-4H3,(H,32,33,36). The first-order valence-electron chi connectivity index (χ1n) is 12.6. The van der Waals surface area contributed by atoms with Gasteiger partial charge in [-0.15, -0.1) is 0 Å². The lowest BCUT2D eigenvalue weighted by atomic mass is 9.98. The molecule has 0 saturated heterocycles. The van der Waals surface area contributed by atoms with E-state index in [1.807, 2.05) is 37.9 Å². The van der Waals surface area contributed by atoms with Crippen molar-refractivity contribution in [1.29, 1.82) is 0 Å². The van der Waals surface area contributed by atoms with Gasteiger partial charge in [0.2, 0.25) is 0 Å². The molecule has 0 bridgehead atoms. The Morgan fingerprint density at radius 1 is 1.16 bits per heavy atom. The Labute approximate surface area is 233 Å². The molecule has 38 heavy (non-hydrogen) atoms. The molecule has 9 heteroatoms. The molecule has 2 atom stereocenters. The third kappa shape index (κ3) is 6.46. The maximum Gasteiger partial charge on any atom is 0.259 e. The number of aromatic nitrogens is 1. The monoisotopic (exact) mass is 554 g/mol. The first-order valence-corrected chi connectivity index (χ1v) is 13.3. The molecule has 7 nitrogen and oxygen atoms in total. The normalized spacial score (nSPS) is 17.6. The number of rotatable bonds is 7. The molecule has 0 spiro atoms. The summed E-state index contributed by atoms with van der Waals surface area (Å²) >= 11 is 12.3. The van der Waals surface area contributed by atoms with Crippen molar-refractivity contribution in [2.75, 3.05) is 25.5 Å². The van der Waals surface area contributed by atoms with Gasteiger partial charge in [0, 0.05) is 49.7 Å². The number of hydrogen-bond donors (Lipinski definition) is 1. The topological polar surface area (TPSA) is 74.8 Å². The predicted molar refractivity (Wildman–Crippen MR) is 151 cm³/mol. The largest absolute Gasteiger partial charge is 0.487 e. The van der Waals surface area contributed by atoms with Crippen LogP contribution in [0.5, 0.6) is 5.75 Å². The summed E-state index contributed by atoms with van der Waals surface area (Å²) in [6.07, 6.45) is 2.92. The molecule has 1 aromatic heterocycles. The van der Waals surface area contributed by atoms with Gasteiger partial charge in [0.1, 0.15) is 11.9 Å². The highest BCUT2D eigenvalue weighted by Crippen LogP contribution is 2.32. The van der Waals surface area contributed by atoms with Crippen LogP contribution in [0.2, 0.25) is 10.0 Å². The number of benzene rings is 2. The first kappa shape index (κ1) is 27.9. The third-order valence-electron chi connectivity index (χ3n) is 6.63. The molecule has 4 rings (SSSR count). The number of nitrogens with one attached hydrogen (secondary N) is 1. The number of amides is 2. The van der Waals surface area contributed by atoms with E-state index < -0.39 is 0 Å². The molecular formula is C29H32Cl2N4O3. The van der Waals surface area contributed by atoms with Crippen molar-refractivity contribution in [2.45, 2.75) is 39.5 Å². The molecule has 1 aliphatic rings. The number of anilines is 1. The molecule has 0 radical (unpaired) electrons. The molecule has 1 aliphatic heterocycles. The van der Waals surface area contributed by atoms with E-state index >= 15 is 0 Å². The summed E-state index contributed by atoms with van der Waals surface area (Å²) in [5.74, 6) is -0.202. The Balaban J connectivity index is 1.66.